The van der Waals surface area contributed by atoms with Crippen molar-refractivity contribution in [3.05, 3.63) is 44.7 Å². The van der Waals surface area contributed by atoms with Gasteiger partial charge in [0.05, 0.1) is 17.2 Å². The summed E-state index contributed by atoms with van der Waals surface area (Å²) in [5, 5.41) is 5.36. The summed E-state index contributed by atoms with van der Waals surface area (Å²) in [6, 6.07) is 6.65. The van der Waals surface area contributed by atoms with E-state index in [9.17, 15) is 4.79 Å². The number of aromatic amines is 1. The van der Waals surface area contributed by atoms with Crippen LogP contribution in [0.3, 0.4) is 0 Å². The third kappa shape index (κ3) is 17.7. The Labute approximate surface area is 340 Å². The second kappa shape index (κ2) is 25.0. The summed E-state index contributed by atoms with van der Waals surface area (Å²) in [6.07, 6.45) is 19.8. The minimum Gasteiger partial charge on any atom is -0.493 e. The maximum atomic E-state index is 14.4. The van der Waals surface area contributed by atoms with E-state index in [1.165, 1.54) is 63.5 Å². The Morgan fingerprint density at radius 2 is 1.44 bits per heavy atom. The zero-order chi connectivity index (χ0) is 41.1. The van der Waals surface area contributed by atoms with Crippen molar-refractivity contribution in [3.63, 3.8) is 0 Å². The topological polar surface area (TPSA) is 50.3 Å². The summed E-state index contributed by atoms with van der Waals surface area (Å²) in [6.45, 7) is 35.9. The molecule has 0 aliphatic heterocycles. The van der Waals surface area contributed by atoms with Crippen LogP contribution in [0.4, 0.5) is 5.69 Å². The van der Waals surface area contributed by atoms with E-state index in [0.717, 1.165) is 79.0 Å². The summed E-state index contributed by atoms with van der Waals surface area (Å²) >= 11 is 0. The molecule has 0 bridgehead atoms. The van der Waals surface area contributed by atoms with Crippen molar-refractivity contribution in [2.75, 3.05) is 24.6 Å². The van der Waals surface area contributed by atoms with E-state index in [-0.39, 0.29) is 5.56 Å². The highest BCUT2D eigenvalue weighted by atomic mass is 16.5. The van der Waals surface area contributed by atoms with Gasteiger partial charge in [0.2, 0.25) is 0 Å². The van der Waals surface area contributed by atoms with Crippen LogP contribution in [0.25, 0.3) is 12.2 Å². The predicted molar refractivity (Wildman–Crippen MR) is 243 cm³/mol. The van der Waals surface area contributed by atoms with E-state index in [2.05, 4.69) is 137 Å². The maximum absolute atomic E-state index is 14.4. The number of nitrogens with zero attached hydrogens (tertiary/aromatic N) is 2. The Morgan fingerprint density at radius 3 is 2.02 bits per heavy atom. The molecule has 0 aliphatic carbocycles. The van der Waals surface area contributed by atoms with Crippen LogP contribution in [0.5, 0.6) is 5.75 Å². The van der Waals surface area contributed by atoms with Crippen LogP contribution < -0.4 is 25.8 Å². The van der Waals surface area contributed by atoms with Gasteiger partial charge < -0.3 is 9.64 Å². The van der Waals surface area contributed by atoms with Crippen LogP contribution in [-0.4, -0.2) is 29.5 Å². The molecule has 2 rings (SSSR count). The lowest BCUT2D eigenvalue weighted by Gasteiger charge is -2.29. The van der Waals surface area contributed by atoms with Gasteiger partial charge in [-0.15, -0.1) is 0 Å². The van der Waals surface area contributed by atoms with E-state index >= 15 is 0 Å². The largest absolute Gasteiger partial charge is 0.493 e. The molecule has 0 amide bonds. The quantitative estimate of drug-likeness (QED) is 0.0986. The second-order valence-corrected chi connectivity index (χ2v) is 19.4. The number of hydrogen-bond donors (Lipinski definition) is 1. The maximum Gasteiger partial charge on any atom is 0.274 e. The fourth-order valence-corrected chi connectivity index (χ4v) is 9.29. The molecule has 0 saturated carbocycles. The lowest BCUT2D eigenvalue weighted by molar-refractivity contribution is 0.173. The highest BCUT2D eigenvalue weighted by Crippen LogP contribution is 2.34. The zero-order valence-electron chi connectivity index (χ0n) is 38.7. The molecule has 5 nitrogen and oxygen atoms in total. The SMILES string of the molecule is CCCCC(/C=c1\[nH]n(CC(CC)CCCC)c(=O)c1=Cc1ccc(N(CC)CC)cc1OCC(CC(C)CC(C)CC(C)C)CC(C)CC(C)(C)C)CC. The summed E-state index contributed by atoms with van der Waals surface area (Å²) < 4.78 is 8.94. The molecule has 0 aliphatic rings. The van der Waals surface area contributed by atoms with Crippen LogP contribution in [0.2, 0.25) is 0 Å². The first kappa shape index (κ1) is 48.7. The lowest BCUT2D eigenvalue weighted by atomic mass is 9.79. The molecule has 0 spiro atoms. The molecule has 2 aromatic rings. The first-order valence-corrected chi connectivity index (χ1v) is 23.1. The van der Waals surface area contributed by atoms with E-state index in [1.54, 1.807) is 0 Å². The first-order valence-electron chi connectivity index (χ1n) is 23.1. The molecule has 0 fully saturated rings. The molecule has 6 unspecified atom stereocenters. The van der Waals surface area contributed by atoms with Gasteiger partial charge in [0.1, 0.15) is 5.75 Å². The number of hydrogen-bond acceptors (Lipinski definition) is 3. The fourth-order valence-electron chi connectivity index (χ4n) is 9.29. The van der Waals surface area contributed by atoms with Crippen LogP contribution >= 0.6 is 0 Å². The van der Waals surface area contributed by atoms with Crippen molar-refractivity contribution in [2.45, 2.75) is 187 Å². The third-order valence-electron chi connectivity index (χ3n) is 11.9. The van der Waals surface area contributed by atoms with Crippen LogP contribution in [0.15, 0.2) is 23.0 Å². The summed E-state index contributed by atoms with van der Waals surface area (Å²) in [5.74, 6) is 5.03. The van der Waals surface area contributed by atoms with Gasteiger partial charge in [-0.05, 0) is 130 Å². The fraction of sp³-hybridized carbons (Fsp3) is 0.780. The minimum atomic E-state index is 0.0866. The minimum absolute atomic E-state index is 0.0866. The molecule has 55 heavy (non-hydrogen) atoms. The van der Waals surface area contributed by atoms with Crippen LogP contribution in [0, 0.1) is 46.8 Å². The van der Waals surface area contributed by atoms with Gasteiger partial charge in [-0.2, -0.15) is 0 Å². The van der Waals surface area contributed by atoms with E-state index < -0.39 is 0 Å². The Kier molecular flexibility index (Phi) is 22.2. The summed E-state index contributed by atoms with van der Waals surface area (Å²) in [7, 11) is 0. The molecule has 1 N–H and O–H groups in total. The van der Waals surface area contributed by atoms with Crippen molar-refractivity contribution in [1.82, 2.24) is 9.78 Å². The highest BCUT2D eigenvalue weighted by molar-refractivity contribution is 5.63. The van der Waals surface area contributed by atoms with Gasteiger partial charge in [0.25, 0.3) is 5.56 Å². The normalized spacial score (nSPS) is 16.3. The molecule has 1 aromatic carbocycles. The smallest absolute Gasteiger partial charge is 0.274 e. The van der Waals surface area contributed by atoms with Gasteiger partial charge >= 0.3 is 0 Å². The predicted octanol–water partition coefficient (Wildman–Crippen LogP) is 12.6. The van der Waals surface area contributed by atoms with Gasteiger partial charge in [-0.1, -0.05) is 121 Å². The molecule has 316 valence electrons. The Hall–Kier alpha value is -2.43. The number of ether oxygens (including phenoxy) is 1. The molecule has 0 radical (unpaired) electrons. The number of benzene rings is 1. The number of rotatable bonds is 27. The third-order valence-corrected chi connectivity index (χ3v) is 11.9. The molecule has 0 saturated heterocycles. The van der Waals surface area contributed by atoms with Gasteiger partial charge in [0, 0.05) is 37.0 Å². The number of anilines is 1. The first-order chi connectivity index (χ1) is 26.1. The second-order valence-electron chi connectivity index (χ2n) is 19.4. The van der Waals surface area contributed by atoms with Crippen molar-refractivity contribution in [2.24, 2.45) is 46.8 Å². The number of nitrogens with one attached hydrogen (secondary N) is 1. The molecule has 1 aromatic heterocycles. The Balaban J connectivity index is 2.71. The summed E-state index contributed by atoms with van der Waals surface area (Å²) in [4.78, 5) is 16.8. The molecule has 5 heteroatoms. The molecular formula is C50H89N3O2. The van der Waals surface area contributed by atoms with Crippen molar-refractivity contribution in [1.29, 1.82) is 0 Å². The molecular weight excluding hydrogens is 675 g/mol. The molecule has 6 atom stereocenters. The van der Waals surface area contributed by atoms with Gasteiger partial charge in [0.15, 0.2) is 0 Å². The van der Waals surface area contributed by atoms with Crippen LogP contribution in [-0.2, 0) is 6.54 Å². The standard InChI is InChI=1S/C50H89N3O2/c1-15-21-23-41(17-3)31-47-46(49(54)53(51-47)35-42(18-4)24-22-16-2)32-44-25-26-45(52(19-5)20-6)33-48(44)55-36-43(30-40(11)34-50(12,13)14)29-39(10)28-38(9)27-37(7)8/h25-26,31-33,37-43,51H,15-24,27-30,34-36H2,1-14H3/b46-32?,47-31-. The number of unbranched alkanes of at least 4 members (excludes halogenated alkanes) is 2. The van der Waals surface area contributed by atoms with E-state index in [0.29, 0.717) is 41.6 Å². The van der Waals surface area contributed by atoms with E-state index in [4.69, 9.17) is 4.74 Å². The monoisotopic (exact) mass is 764 g/mol. The molecule has 1 heterocycles. The Bertz CT molecular complexity index is 1510. The van der Waals surface area contributed by atoms with Crippen molar-refractivity contribution < 1.29 is 4.74 Å². The average molecular weight is 764 g/mol. The van der Waals surface area contributed by atoms with Gasteiger partial charge in [-0.25, -0.2) is 0 Å². The average Bonchev–Trinajstić information content (AvgIpc) is 3.39. The number of H-pyrrole nitrogens is 1. The Morgan fingerprint density at radius 1 is 0.800 bits per heavy atom. The highest BCUT2D eigenvalue weighted by Gasteiger charge is 2.23. The van der Waals surface area contributed by atoms with Crippen LogP contribution in [0.1, 0.15) is 186 Å². The summed E-state index contributed by atoms with van der Waals surface area (Å²) in [5.41, 5.74) is 2.56. The zero-order valence-corrected chi connectivity index (χ0v) is 38.7. The van der Waals surface area contributed by atoms with Crippen molar-refractivity contribution in [3.8, 4) is 5.75 Å². The number of aromatic nitrogens is 2. The van der Waals surface area contributed by atoms with Crippen molar-refractivity contribution >= 4 is 17.8 Å². The van der Waals surface area contributed by atoms with E-state index in [1.807, 2.05) is 4.68 Å². The lowest BCUT2D eigenvalue weighted by Crippen LogP contribution is -2.36. The van der Waals surface area contributed by atoms with Gasteiger partial charge in [-0.3, -0.25) is 14.6 Å².